The molecule has 0 bridgehead atoms. The maximum absolute atomic E-state index is 4.43. The molecule has 0 aliphatic carbocycles. The molecule has 0 amide bonds. The van der Waals surface area contributed by atoms with Gasteiger partial charge in [-0.2, -0.15) is 5.10 Å². The highest BCUT2D eigenvalue weighted by Crippen LogP contribution is 2.08. The van der Waals surface area contributed by atoms with Gasteiger partial charge >= 0.3 is 0 Å². The minimum atomic E-state index is 0.862. The molecule has 0 saturated heterocycles. The van der Waals surface area contributed by atoms with E-state index in [0.717, 1.165) is 35.0 Å². The second-order valence-corrected chi connectivity index (χ2v) is 5.05. The molecule has 0 aliphatic rings. The Morgan fingerprint density at radius 2 is 1.84 bits per heavy atom. The van der Waals surface area contributed by atoms with E-state index in [2.05, 4.69) is 35.1 Å². The minimum absolute atomic E-state index is 0.862. The molecule has 0 aromatic heterocycles. The molecule has 0 atom stereocenters. The molecule has 0 aliphatic heterocycles. The van der Waals surface area contributed by atoms with Crippen molar-refractivity contribution in [2.75, 3.05) is 6.54 Å². The van der Waals surface area contributed by atoms with Crippen LogP contribution in [0.3, 0.4) is 0 Å². The number of unbranched alkanes of at least 4 members (excludes halogenated alkanes) is 2. The first-order valence-electron chi connectivity index (χ1n) is 6.74. The van der Waals surface area contributed by atoms with Crippen molar-refractivity contribution in [3.63, 3.8) is 0 Å². The topological polar surface area (TPSA) is 36.8 Å². The molecule has 1 aromatic rings. The number of amidine groups is 1. The van der Waals surface area contributed by atoms with E-state index in [1.54, 1.807) is 0 Å². The molecule has 1 N–H and O–H groups in total. The first-order valence-corrected chi connectivity index (χ1v) is 7.19. The lowest BCUT2D eigenvalue weighted by molar-refractivity contribution is 0.725. The summed E-state index contributed by atoms with van der Waals surface area (Å²) in [5.41, 5.74) is 5.02. The van der Waals surface area contributed by atoms with E-state index in [0.29, 0.717) is 0 Å². The molecule has 3 nitrogen and oxygen atoms in total. The van der Waals surface area contributed by atoms with Gasteiger partial charge in [0.2, 0.25) is 0 Å². The Balaban J connectivity index is 2.48. The number of thiol groups is 1. The van der Waals surface area contributed by atoms with Gasteiger partial charge in [0.1, 0.15) is 5.84 Å². The summed E-state index contributed by atoms with van der Waals surface area (Å²) in [5, 5.41) is 4.33. The van der Waals surface area contributed by atoms with E-state index < -0.39 is 0 Å². The third kappa shape index (κ3) is 6.43. The van der Waals surface area contributed by atoms with Crippen LogP contribution >= 0.6 is 12.6 Å². The van der Waals surface area contributed by atoms with E-state index in [-0.39, 0.29) is 0 Å². The summed E-state index contributed by atoms with van der Waals surface area (Å²) < 4.78 is 0. The van der Waals surface area contributed by atoms with E-state index in [1.807, 2.05) is 38.1 Å². The lowest BCUT2D eigenvalue weighted by Gasteiger charge is -2.04. The Labute approximate surface area is 121 Å². The molecular formula is C15H23N3S. The van der Waals surface area contributed by atoms with Gasteiger partial charge in [-0.15, -0.1) is 12.6 Å². The Morgan fingerprint density at radius 3 is 2.47 bits per heavy atom. The summed E-state index contributed by atoms with van der Waals surface area (Å²) in [6.45, 7) is 6.98. The van der Waals surface area contributed by atoms with Gasteiger partial charge in [0.25, 0.3) is 0 Å². The summed E-state index contributed by atoms with van der Waals surface area (Å²) >= 11 is 4.27. The summed E-state index contributed by atoms with van der Waals surface area (Å²) in [7, 11) is 0. The number of hydrazone groups is 1. The molecule has 0 radical (unpaired) electrons. The van der Waals surface area contributed by atoms with Gasteiger partial charge in [0.15, 0.2) is 0 Å². The van der Waals surface area contributed by atoms with Crippen LogP contribution < -0.4 is 5.43 Å². The highest BCUT2D eigenvalue weighted by molar-refractivity contribution is 7.80. The maximum Gasteiger partial charge on any atom is 0.113 e. The Bertz CT molecular complexity index is 435. The number of aliphatic imine (C=N–C) groups is 1. The Hall–Kier alpha value is -1.29. The zero-order valence-electron chi connectivity index (χ0n) is 12.0. The minimum Gasteiger partial charge on any atom is -0.271 e. The van der Waals surface area contributed by atoms with Crippen LogP contribution in [0.4, 0.5) is 0 Å². The number of nitrogens with one attached hydrogen (secondary N) is 1. The number of hydrogen-bond acceptors (Lipinski definition) is 3. The van der Waals surface area contributed by atoms with Gasteiger partial charge in [-0.3, -0.25) is 10.4 Å². The lowest BCUT2D eigenvalue weighted by atomic mass is 10.1. The van der Waals surface area contributed by atoms with Crippen LogP contribution in [0.2, 0.25) is 0 Å². The molecule has 1 aromatic carbocycles. The summed E-state index contributed by atoms with van der Waals surface area (Å²) in [5.74, 6) is 0.862. The molecule has 0 saturated carbocycles. The van der Waals surface area contributed by atoms with Gasteiger partial charge in [0.05, 0.1) is 5.71 Å². The predicted octanol–water partition coefficient (Wildman–Crippen LogP) is 3.90. The molecule has 0 fully saturated rings. The van der Waals surface area contributed by atoms with Crippen molar-refractivity contribution in [1.82, 2.24) is 5.43 Å². The number of rotatable bonds is 6. The van der Waals surface area contributed by atoms with Gasteiger partial charge in [0, 0.05) is 11.4 Å². The molecule has 0 spiro atoms. The highest BCUT2D eigenvalue weighted by atomic mass is 32.1. The first kappa shape index (κ1) is 15.8. The number of benzene rings is 1. The molecule has 104 valence electrons. The monoisotopic (exact) mass is 277 g/mol. The molecule has 19 heavy (non-hydrogen) atoms. The highest BCUT2D eigenvalue weighted by Gasteiger charge is 1.97. The first-order chi connectivity index (χ1) is 9.13. The van der Waals surface area contributed by atoms with Crippen molar-refractivity contribution < 1.29 is 0 Å². The van der Waals surface area contributed by atoms with E-state index >= 15 is 0 Å². The van der Waals surface area contributed by atoms with Crippen molar-refractivity contribution in [3.8, 4) is 0 Å². The number of nitrogens with zero attached hydrogens (tertiary/aromatic N) is 2. The zero-order valence-corrected chi connectivity index (χ0v) is 12.9. The second kappa shape index (κ2) is 8.75. The van der Waals surface area contributed by atoms with Crippen LogP contribution in [-0.4, -0.2) is 18.1 Å². The van der Waals surface area contributed by atoms with Crippen LogP contribution in [-0.2, 0) is 0 Å². The summed E-state index contributed by atoms with van der Waals surface area (Å²) in [6.07, 6.45) is 3.59. The second-order valence-electron chi connectivity index (χ2n) is 4.53. The average molecular weight is 277 g/mol. The SMILES string of the molecule is CCCCCN=C(C)N/N=C(\C)c1ccc(S)cc1. The average Bonchev–Trinajstić information content (AvgIpc) is 2.42. The van der Waals surface area contributed by atoms with E-state index in [1.165, 1.54) is 12.8 Å². The third-order valence-corrected chi connectivity index (χ3v) is 3.08. The fraction of sp³-hybridized carbons (Fsp3) is 0.467. The fourth-order valence-electron chi connectivity index (χ4n) is 1.58. The van der Waals surface area contributed by atoms with Crippen LogP contribution in [0.25, 0.3) is 0 Å². The normalized spacial score (nSPS) is 12.6. The molecular weight excluding hydrogens is 254 g/mol. The largest absolute Gasteiger partial charge is 0.271 e. The fourth-order valence-corrected chi connectivity index (χ4v) is 1.72. The smallest absolute Gasteiger partial charge is 0.113 e. The van der Waals surface area contributed by atoms with Crippen molar-refractivity contribution in [2.45, 2.75) is 44.9 Å². The van der Waals surface area contributed by atoms with Crippen LogP contribution in [0.1, 0.15) is 45.6 Å². The Morgan fingerprint density at radius 1 is 1.16 bits per heavy atom. The van der Waals surface area contributed by atoms with E-state index in [9.17, 15) is 0 Å². The standard InChI is InChI=1S/C15H23N3S/c1-4-5-6-11-16-13(3)18-17-12(2)14-7-9-15(19)10-8-14/h7-10,19H,4-6,11H2,1-3H3,(H,16,18)/b17-12+. The molecule has 4 heteroatoms. The van der Waals surface area contributed by atoms with Crippen LogP contribution in [0, 0.1) is 0 Å². The van der Waals surface area contributed by atoms with Gasteiger partial charge in [-0.25, -0.2) is 0 Å². The third-order valence-electron chi connectivity index (χ3n) is 2.78. The number of hydrogen-bond donors (Lipinski definition) is 2. The summed E-state index contributed by atoms with van der Waals surface area (Å²) in [6, 6.07) is 7.94. The van der Waals surface area contributed by atoms with Crippen molar-refractivity contribution in [1.29, 1.82) is 0 Å². The zero-order chi connectivity index (χ0) is 14.1. The summed E-state index contributed by atoms with van der Waals surface area (Å²) in [4.78, 5) is 5.38. The molecule has 0 unspecified atom stereocenters. The van der Waals surface area contributed by atoms with Gasteiger partial charge in [-0.05, 0) is 38.0 Å². The van der Waals surface area contributed by atoms with Crippen LogP contribution in [0.5, 0.6) is 0 Å². The molecule has 1 rings (SSSR count). The maximum atomic E-state index is 4.43. The van der Waals surface area contributed by atoms with Gasteiger partial charge in [-0.1, -0.05) is 31.9 Å². The Kier molecular flexibility index (Phi) is 7.26. The van der Waals surface area contributed by atoms with Crippen molar-refractivity contribution in [2.24, 2.45) is 10.1 Å². The van der Waals surface area contributed by atoms with Crippen molar-refractivity contribution >= 4 is 24.2 Å². The van der Waals surface area contributed by atoms with E-state index in [4.69, 9.17) is 0 Å². The quantitative estimate of drug-likeness (QED) is 0.267. The predicted molar refractivity (Wildman–Crippen MR) is 86.5 cm³/mol. The van der Waals surface area contributed by atoms with Gasteiger partial charge < -0.3 is 0 Å². The van der Waals surface area contributed by atoms with Crippen molar-refractivity contribution in [3.05, 3.63) is 29.8 Å². The lowest BCUT2D eigenvalue weighted by Crippen LogP contribution is -2.16. The molecule has 0 heterocycles. The van der Waals surface area contributed by atoms with Crippen LogP contribution in [0.15, 0.2) is 39.3 Å².